The Bertz CT molecular complexity index is 1300. The second-order valence-electron chi connectivity index (χ2n) is 8.85. The maximum absolute atomic E-state index is 13.2. The number of halogens is 1. The van der Waals surface area contributed by atoms with Gasteiger partial charge in [0.2, 0.25) is 0 Å². The molecule has 1 aliphatic heterocycles. The number of rotatable bonds is 11. The average Bonchev–Trinajstić information content (AvgIpc) is 3.19. The molecule has 3 aromatic carbocycles. The van der Waals surface area contributed by atoms with E-state index < -0.39 is 17.7 Å². The maximum atomic E-state index is 13.2. The van der Waals surface area contributed by atoms with Gasteiger partial charge in [-0.2, -0.15) is 0 Å². The molecule has 1 unspecified atom stereocenters. The minimum Gasteiger partial charge on any atom is -0.507 e. The first-order valence-electron chi connectivity index (χ1n) is 12.4. The van der Waals surface area contributed by atoms with Crippen LogP contribution in [-0.4, -0.2) is 48.6 Å². The number of aliphatic hydroxyl groups excluding tert-OH is 1. The fourth-order valence-electron chi connectivity index (χ4n) is 4.25. The lowest BCUT2D eigenvalue weighted by Crippen LogP contribution is -2.32. The Morgan fingerprint density at radius 1 is 0.947 bits per heavy atom. The molecule has 1 fully saturated rings. The molecule has 0 radical (unpaired) electrons. The Hall–Kier alpha value is -4.17. The highest BCUT2D eigenvalue weighted by Gasteiger charge is 2.45. The molecule has 0 bridgehead atoms. The third kappa shape index (κ3) is 6.03. The average molecular weight is 520 g/mol. The Balaban J connectivity index is 1.65. The van der Waals surface area contributed by atoms with Crippen LogP contribution in [0.5, 0.6) is 11.5 Å². The van der Waals surface area contributed by atoms with E-state index >= 15 is 0 Å². The summed E-state index contributed by atoms with van der Waals surface area (Å²) in [6.45, 7) is 3.15. The largest absolute Gasteiger partial charge is 0.507 e. The van der Waals surface area contributed by atoms with Gasteiger partial charge < -0.3 is 24.2 Å². The van der Waals surface area contributed by atoms with Crippen molar-refractivity contribution in [3.05, 3.63) is 101 Å². The zero-order valence-corrected chi connectivity index (χ0v) is 21.4. The van der Waals surface area contributed by atoms with Crippen LogP contribution in [-0.2, 0) is 20.9 Å². The summed E-state index contributed by atoms with van der Waals surface area (Å²) in [5.41, 5.74) is 1.83. The molecule has 4 rings (SSSR count). The molecule has 1 heterocycles. The second-order valence-corrected chi connectivity index (χ2v) is 8.85. The number of nitrogens with zero attached hydrogens (tertiary/aromatic N) is 1. The standard InChI is InChI=1S/C30H30FNO6/c1-3-16-37-25-6-4-5-22(18-25)28(33)26-27(32(15-17-36-2)30(35)29(26)34)21-9-13-24(14-10-21)38-19-20-7-11-23(31)12-8-20/h4-14,18,27,33H,3,15-17,19H2,1-2H3/b28-26-. The lowest BCUT2D eigenvalue weighted by molar-refractivity contribution is -0.140. The van der Waals surface area contributed by atoms with Crippen molar-refractivity contribution in [3.8, 4) is 11.5 Å². The highest BCUT2D eigenvalue weighted by molar-refractivity contribution is 6.46. The van der Waals surface area contributed by atoms with Crippen molar-refractivity contribution >= 4 is 17.4 Å². The van der Waals surface area contributed by atoms with E-state index in [-0.39, 0.29) is 36.9 Å². The number of hydrogen-bond donors (Lipinski definition) is 1. The molecule has 7 nitrogen and oxygen atoms in total. The van der Waals surface area contributed by atoms with Crippen LogP contribution in [0.25, 0.3) is 5.76 Å². The first-order chi connectivity index (χ1) is 18.4. The third-order valence-corrected chi connectivity index (χ3v) is 6.17. The number of amides is 1. The van der Waals surface area contributed by atoms with E-state index in [2.05, 4.69) is 0 Å². The van der Waals surface area contributed by atoms with Gasteiger partial charge >= 0.3 is 0 Å². The monoisotopic (exact) mass is 519 g/mol. The van der Waals surface area contributed by atoms with Gasteiger partial charge in [0.05, 0.1) is 24.8 Å². The number of ketones is 1. The fourth-order valence-corrected chi connectivity index (χ4v) is 4.25. The van der Waals surface area contributed by atoms with E-state index in [9.17, 15) is 19.1 Å². The molecule has 8 heteroatoms. The number of Topliss-reactive ketones (excluding diaryl/α,β-unsaturated/α-hetero) is 1. The van der Waals surface area contributed by atoms with Gasteiger partial charge in [-0.25, -0.2) is 4.39 Å². The van der Waals surface area contributed by atoms with Crippen LogP contribution in [0.2, 0.25) is 0 Å². The van der Waals surface area contributed by atoms with Gasteiger partial charge in [-0.3, -0.25) is 9.59 Å². The Morgan fingerprint density at radius 2 is 1.68 bits per heavy atom. The highest BCUT2D eigenvalue weighted by atomic mass is 19.1. The smallest absolute Gasteiger partial charge is 0.295 e. The zero-order chi connectivity index (χ0) is 27.1. The van der Waals surface area contributed by atoms with Crippen LogP contribution in [0.3, 0.4) is 0 Å². The number of carbonyl (C=O) groups excluding carboxylic acids is 2. The summed E-state index contributed by atoms with van der Waals surface area (Å²) in [5.74, 6) is -0.934. The first kappa shape index (κ1) is 26.9. The van der Waals surface area contributed by atoms with Crippen molar-refractivity contribution in [3.63, 3.8) is 0 Å². The summed E-state index contributed by atoms with van der Waals surface area (Å²) in [6.07, 6.45) is 0.824. The van der Waals surface area contributed by atoms with Crippen LogP contribution < -0.4 is 9.47 Å². The number of carbonyl (C=O) groups is 2. The van der Waals surface area contributed by atoms with Crippen LogP contribution in [0.1, 0.15) is 36.1 Å². The van der Waals surface area contributed by atoms with Crippen LogP contribution in [0.4, 0.5) is 4.39 Å². The number of hydrogen-bond acceptors (Lipinski definition) is 6. The first-order valence-corrected chi connectivity index (χ1v) is 12.4. The summed E-state index contributed by atoms with van der Waals surface area (Å²) in [6, 6.07) is 19.0. The van der Waals surface area contributed by atoms with Crippen LogP contribution >= 0.6 is 0 Å². The Morgan fingerprint density at radius 3 is 2.37 bits per heavy atom. The van der Waals surface area contributed by atoms with Gasteiger partial charge in [-0.1, -0.05) is 43.3 Å². The molecule has 0 saturated carbocycles. The van der Waals surface area contributed by atoms with E-state index in [0.29, 0.717) is 29.2 Å². The van der Waals surface area contributed by atoms with Crippen molar-refractivity contribution in [2.75, 3.05) is 26.9 Å². The fraction of sp³-hybridized carbons (Fsp3) is 0.267. The van der Waals surface area contributed by atoms with E-state index in [1.54, 1.807) is 60.7 Å². The maximum Gasteiger partial charge on any atom is 0.295 e. The van der Waals surface area contributed by atoms with E-state index in [0.717, 1.165) is 12.0 Å². The van der Waals surface area contributed by atoms with E-state index in [1.165, 1.54) is 24.1 Å². The number of likely N-dealkylation sites (tertiary alicyclic amines) is 1. The molecule has 1 aliphatic rings. The SMILES string of the molecule is CCCOc1cccc(/C(O)=C2/C(=O)C(=O)N(CCOC)C2c2ccc(OCc3ccc(F)cc3)cc2)c1. The van der Waals surface area contributed by atoms with Crippen LogP contribution in [0.15, 0.2) is 78.4 Å². The molecule has 38 heavy (non-hydrogen) atoms. The number of ether oxygens (including phenoxy) is 3. The van der Waals surface area contributed by atoms with Gasteiger partial charge in [0.25, 0.3) is 11.7 Å². The van der Waals surface area contributed by atoms with Gasteiger partial charge in [0.1, 0.15) is 29.7 Å². The summed E-state index contributed by atoms with van der Waals surface area (Å²) in [4.78, 5) is 27.6. The normalized spacial score (nSPS) is 16.6. The molecule has 3 aromatic rings. The third-order valence-electron chi connectivity index (χ3n) is 6.17. The van der Waals surface area contributed by atoms with Crippen LogP contribution in [0, 0.1) is 5.82 Å². The minimum atomic E-state index is -0.809. The van der Waals surface area contributed by atoms with Gasteiger partial charge in [-0.15, -0.1) is 0 Å². The molecule has 0 aliphatic carbocycles. The number of methoxy groups -OCH3 is 1. The summed E-state index contributed by atoms with van der Waals surface area (Å²) in [7, 11) is 1.51. The summed E-state index contributed by atoms with van der Waals surface area (Å²) in [5, 5.41) is 11.3. The lowest BCUT2D eigenvalue weighted by Gasteiger charge is -2.25. The van der Waals surface area contributed by atoms with Gasteiger partial charge in [-0.05, 0) is 53.9 Å². The predicted octanol–water partition coefficient (Wildman–Crippen LogP) is 5.26. The van der Waals surface area contributed by atoms with Crippen molar-refractivity contribution in [2.24, 2.45) is 0 Å². The Kier molecular flexibility index (Phi) is 8.76. The van der Waals surface area contributed by atoms with Crippen molar-refractivity contribution < 1.29 is 33.3 Å². The molecule has 0 spiro atoms. The molecule has 0 aromatic heterocycles. The minimum absolute atomic E-state index is 0.00118. The number of benzene rings is 3. The van der Waals surface area contributed by atoms with Crippen molar-refractivity contribution in [2.45, 2.75) is 26.0 Å². The molecule has 1 saturated heterocycles. The Labute approximate surface area is 221 Å². The van der Waals surface area contributed by atoms with Crippen molar-refractivity contribution in [1.29, 1.82) is 0 Å². The number of aliphatic hydroxyl groups is 1. The predicted molar refractivity (Wildman–Crippen MR) is 140 cm³/mol. The topological polar surface area (TPSA) is 85.3 Å². The molecule has 1 amide bonds. The zero-order valence-electron chi connectivity index (χ0n) is 21.4. The molecule has 1 N–H and O–H groups in total. The molecular formula is C30H30FNO6. The van der Waals surface area contributed by atoms with Gasteiger partial charge in [0.15, 0.2) is 0 Å². The highest BCUT2D eigenvalue weighted by Crippen LogP contribution is 2.40. The van der Waals surface area contributed by atoms with Gasteiger partial charge in [0, 0.05) is 19.2 Å². The quantitative estimate of drug-likeness (QED) is 0.211. The lowest BCUT2D eigenvalue weighted by atomic mass is 9.95. The summed E-state index contributed by atoms with van der Waals surface area (Å²) >= 11 is 0. The molecule has 198 valence electrons. The van der Waals surface area contributed by atoms with E-state index in [4.69, 9.17) is 14.2 Å². The molecular weight excluding hydrogens is 489 g/mol. The summed E-state index contributed by atoms with van der Waals surface area (Å²) < 4.78 is 29.8. The van der Waals surface area contributed by atoms with Crippen molar-refractivity contribution in [1.82, 2.24) is 4.90 Å². The van der Waals surface area contributed by atoms with E-state index in [1.807, 2.05) is 6.92 Å². The second kappa shape index (κ2) is 12.4. The molecule has 1 atom stereocenters.